The van der Waals surface area contributed by atoms with Gasteiger partial charge in [0.15, 0.2) is 0 Å². The summed E-state index contributed by atoms with van der Waals surface area (Å²) >= 11 is 0. The standard InChI is InChI=1S/C28H39N3O4.2ClH/c1-5-30(6-2)15-9-17-34-27(32)21-11-13-25-23(19-21)24-20-22(12-14-26(24)29-25)28(33)35-18-10-16-31(7-3)8-4;;/h11-14,19-20,29H,5-10,15-18H2,1-4H3;2*1H. The molecule has 0 aliphatic carbocycles. The number of nitrogens with one attached hydrogen (secondary N) is 1. The molecule has 2 aromatic carbocycles. The number of benzene rings is 2. The van der Waals surface area contributed by atoms with Gasteiger partial charge in [-0.2, -0.15) is 0 Å². The molecule has 0 amide bonds. The monoisotopic (exact) mass is 553 g/mol. The van der Waals surface area contributed by atoms with Gasteiger partial charge in [0.1, 0.15) is 0 Å². The number of carbonyl (C=O) groups is 2. The van der Waals surface area contributed by atoms with Gasteiger partial charge in [0.2, 0.25) is 0 Å². The van der Waals surface area contributed by atoms with Gasteiger partial charge in [-0.05, 0) is 75.4 Å². The lowest BCUT2D eigenvalue weighted by molar-refractivity contribution is 0.0480. The van der Waals surface area contributed by atoms with Crippen molar-refractivity contribution < 1.29 is 19.1 Å². The van der Waals surface area contributed by atoms with Gasteiger partial charge in [-0.15, -0.1) is 24.8 Å². The molecule has 3 aromatic rings. The molecule has 1 heterocycles. The second-order valence-corrected chi connectivity index (χ2v) is 8.68. The summed E-state index contributed by atoms with van der Waals surface area (Å²) in [6, 6.07) is 11.0. The van der Waals surface area contributed by atoms with E-state index in [1.54, 1.807) is 12.1 Å². The zero-order valence-electron chi connectivity index (χ0n) is 22.4. The molecule has 0 saturated carbocycles. The Morgan fingerprint density at radius 2 is 1.05 bits per heavy atom. The fourth-order valence-electron chi connectivity index (χ4n) is 4.30. The van der Waals surface area contributed by atoms with E-state index in [4.69, 9.17) is 9.47 Å². The lowest BCUT2D eigenvalue weighted by Gasteiger charge is -2.17. The van der Waals surface area contributed by atoms with E-state index in [1.807, 2.05) is 24.3 Å². The summed E-state index contributed by atoms with van der Waals surface area (Å²) in [6.45, 7) is 15.1. The van der Waals surface area contributed by atoms with Crippen LogP contribution in [0.15, 0.2) is 36.4 Å². The maximum atomic E-state index is 12.6. The number of rotatable bonds is 14. The summed E-state index contributed by atoms with van der Waals surface area (Å²) in [5, 5.41) is 1.77. The molecule has 7 nitrogen and oxygen atoms in total. The maximum Gasteiger partial charge on any atom is 0.338 e. The Morgan fingerprint density at radius 1 is 0.676 bits per heavy atom. The summed E-state index contributed by atoms with van der Waals surface area (Å²) in [4.78, 5) is 33.2. The molecule has 0 bridgehead atoms. The number of hydrogen-bond donors (Lipinski definition) is 1. The van der Waals surface area contributed by atoms with Crippen molar-refractivity contribution >= 4 is 58.6 Å². The molecule has 0 aliphatic rings. The Labute approximate surface area is 232 Å². The molecule has 0 fully saturated rings. The summed E-state index contributed by atoms with van der Waals surface area (Å²) in [5.74, 6) is -0.658. The van der Waals surface area contributed by atoms with E-state index in [-0.39, 0.29) is 36.8 Å². The molecule has 206 valence electrons. The SMILES string of the molecule is CCN(CC)CCCOC(=O)c1ccc2[nH]c3ccc(C(=O)OCCCN(CC)CC)cc3c2c1.Cl.Cl. The first-order chi connectivity index (χ1) is 17.0. The van der Waals surface area contributed by atoms with Crippen LogP contribution in [0.1, 0.15) is 61.3 Å². The van der Waals surface area contributed by atoms with Crippen molar-refractivity contribution in [3.8, 4) is 0 Å². The van der Waals surface area contributed by atoms with Crippen molar-refractivity contribution in [3.05, 3.63) is 47.5 Å². The van der Waals surface area contributed by atoms with Crippen LogP contribution in [0.2, 0.25) is 0 Å². The van der Waals surface area contributed by atoms with Crippen molar-refractivity contribution in [2.45, 2.75) is 40.5 Å². The van der Waals surface area contributed by atoms with Gasteiger partial charge in [-0.3, -0.25) is 0 Å². The average Bonchev–Trinajstić information content (AvgIpc) is 3.25. The van der Waals surface area contributed by atoms with Crippen LogP contribution >= 0.6 is 24.8 Å². The minimum absolute atomic E-state index is 0. The van der Waals surface area contributed by atoms with Gasteiger partial charge in [0.25, 0.3) is 0 Å². The summed E-state index contributed by atoms with van der Waals surface area (Å²) in [6.07, 6.45) is 1.62. The maximum absolute atomic E-state index is 12.6. The highest BCUT2D eigenvalue weighted by Gasteiger charge is 2.14. The zero-order valence-corrected chi connectivity index (χ0v) is 24.0. The van der Waals surface area contributed by atoms with Crippen molar-refractivity contribution in [2.75, 3.05) is 52.5 Å². The smallest absolute Gasteiger partial charge is 0.338 e. The Morgan fingerprint density at radius 3 is 1.41 bits per heavy atom. The van der Waals surface area contributed by atoms with Crippen LogP contribution in [0.25, 0.3) is 21.8 Å². The van der Waals surface area contributed by atoms with Crippen LogP contribution < -0.4 is 0 Å². The number of aromatic nitrogens is 1. The normalized spacial score (nSPS) is 11.0. The molecule has 37 heavy (non-hydrogen) atoms. The predicted molar refractivity (Wildman–Crippen MR) is 156 cm³/mol. The van der Waals surface area contributed by atoms with E-state index < -0.39 is 0 Å². The Balaban J connectivity index is 0.00000342. The third-order valence-corrected chi connectivity index (χ3v) is 6.56. The topological polar surface area (TPSA) is 74.9 Å². The van der Waals surface area contributed by atoms with Crippen molar-refractivity contribution in [2.24, 2.45) is 0 Å². The van der Waals surface area contributed by atoms with Gasteiger partial charge < -0.3 is 24.3 Å². The van der Waals surface area contributed by atoms with Gasteiger partial charge in [-0.25, -0.2) is 9.59 Å². The molecule has 0 spiro atoms. The highest BCUT2D eigenvalue weighted by atomic mass is 35.5. The number of halogens is 2. The van der Waals surface area contributed by atoms with Crippen LogP contribution in [0.3, 0.4) is 0 Å². The molecule has 0 atom stereocenters. The fraction of sp³-hybridized carbons (Fsp3) is 0.500. The third-order valence-electron chi connectivity index (χ3n) is 6.56. The van der Waals surface area contributed by atoms with E-state index >= 15 is 0 Å². The summed E-state index contributed by atoms with van der Waals surface area (Å²) in [7, 11) is 0. The van der Waals surface area contributed by atoms with Gasteiger partial charge in [0.05, 0.1) is 24.3 Å². The van der Waals surface area contributed by atoms with Crippen molar-refractivity contribution in [1.29, 1.82) is 0 Å². The number of carbonyl (C=O) groups excluding carboxylic acids is 2. The van der Waals surface area contributed by atoms with Crippen LogP contribution in [0.5, 0.6) is 0 Å². The molecule has 3 rings (SSSR count). The molecule has 0 unspecified atom stereocenters. The van der Waals surface area contributed by atoms with E-state index in [9.17, 15) is 9.59 Å². The van der Waals surface area contributed by atoms with Gasteiger partial charge in [0, 0.05) is 34.9 Å². The van der Waals surface area contributed by atoms with Crippen LogP contribution in [-0.4, -0.2) is 79.2 Å². The van der Waals surface area contributed by atoms with Gasteiger partial charge >= 0.3 is 11.9 Å². The first kappa shape index (κ1) is 32.7. The number of ether oxygens (including phenoxy) is 2. The molecular formula is C28H41Cl2N3O4. The van der Waals surface area contributed by atoms with E-state index in [2.05, 4.69) is 42.5 Å². The quantitative estimate of drug-likeness (QED) is 0.196. The minimum atomic E-state index is -0.329. The Kier molecular flexibility index (Phi) is 14.6. The Hall–Kier alpha value is -2.32. The van der Waals surface area contributed by atoms with Crippen LogP contribution in [0.4, 0.5) is 0 Å². The largest absolute Gasteiger partial charge is 0.462 e. The lowest BCUT2D eigenvalue weighted by Crippen LogP contribution is -2.25. The molecule has 0 aliphatic heterocycles. The molecule has 1 N–H and O–H groups in total. The highest BCUT2D eigenvalue weighted by Crippen LogP contribution is 2.28. The third kappa shape index (κ3) is 8.88. The fourth-order valence-corrected chi connectivity index (χ4v) is 4.30. The van der Waals surface area contributed by atoms with Crippen molar-refractivity contribution in [1.82, 2.24) is 14.8 Å². The minimum Gasteiger partial charge on any atom is -0.462 e. The predicted octanol–water partition coefficient (Wildman–Crippen LogP) is 5.94. The first-order valence-electron chi connectivity index (χ1n) is 12.8. The lowest BCUT2D eigenvalue weighted by atomic mass is 10.1. The highest BCUT2D eigenvalue weighted by molar-refractivity contribution is 6.11. The van der Waals surface area contributed by atoms with Crippen molar-refractivity contribution in [3.63, 3.8) is 0 Å². The second-order valence-electron chi connectivity index (χ2n) is 8.68. The van der Waals surface area contributed by atoms with E-state index in [1.165, 1.54) is 0 Å². The molecule has 1 aromatic heterocycles. The average molecular weight is 555 g/mol. The number of H-pyrrole nitrogens is 1. The van der Waals surface area contributed by atoms with Crippen LogP contribution in [0, 0.1) is 0 Å². The molecule has 0 radical (unpaired) electrons. The summed E-state index contributed by atoms with van der Waals surface area (Å²) < 4.78 is 11.0. The van der Waals surface area contributed by atoms with E-state index in [0.717, 1.165) is 73.9 Å². The number of aromatic amines is 1. The second kappa shape index (κ2) is 16.5. The number of nitrogens with zero attached hydrogens (tertiary/aromatic N) is 2. The zero-order chi connectivity index (χ0) is 25.2. The molecule has 0 saturated heterocycles. The first-order valence-corrected chi connectivity index (χ1v) is 12.8. The number of esters is 2. The summed E-state index contributed by atoms with van der Waals surface area (Å²) in [5.41, 5.74) is 2.82. The number of fused-ring (bicyclic) bond motifs is 3. The van der Waals surface area contributed by atoms with E-state index in [0.29, 0.717) is 24.3 Å². The number of hydrogen-bond acceptors (Lipinski definition) is 6. The molecule has 9 heteroatoms. The van der Waals surface area contributed by atoms with Gasteiger partial charge in [-0.1, -0.05) is 27.7 Å². The molecular weight excluding hydrogens is 513 g/mol. The Bertz CT molecular complexity index is 1040. The van der Waals surface area contributed by atoms with Crippen LogP contribution in [-0.2, 0) is 9.47 Å².